The molecule has 0 aromatic carbocycles. The first kappa shape index (κ1) is 15.4. The Balaban J connectivity index is 1.93. The molecule has 1 aliphatic rings. The zero-order chi connectivity index (χ0) is 15.9. The topological polar surface area (TPSA) is 66.8 Å². The summed E-state index contributed by atoms with van der Waals surface area (Å²) in [5, 5.41) is 7.82. The molecule has 1 N–H and O–H groups in total. The number of aromatic nitrogens is 4. The highest BCUT2D eigenvalue weighted by Gasteiger charge is 2.32. The Kier molecular flexibility index (Phi) is 4.14. The van der Waals surface area contributed by atoms with Gasteiger partial charge in [-0.3, -0.25) is 9.89 Å². The Morgan fingerprint density at radius 3 is 2.77 bits per heavy atom. The van der Waals surface area contributed by atoms with Crippen molar-refractivity contribution in [1.29, 1.82) is 0 Å². The minimum atomic E-state index is -0.112. The summed E-state index contributed by atoms with van der Waals surface area (Å²) in [5.74, 6) is 1.32. The quantitative estimate of drug-likeness (QED) is 0.912. The number of amides is 1. The predicted octanol–water partition coefficient (Wildman–Crippen LogP) is 3.13. The van der Waals surface area contributed by atoms with E-state index in [4.69, 9.17) is 23.2 Å². The lowest BCUT2D eigenvalue weighted by Crippen LogP contribution is -2.39. The summed E-state index contributed by atoms with van der Waals surface area (Å²) in [6.07, 6.45) is 2.88. The van der Waals surface area contributed by atoms with E-state index in [2.05, 4.69) is 15.2 Å². The van der Waals surface area contributed by atoms with E-state index in [1.54, 1.807) is 17.7 Å². The summed E-state index contributed by atoms with van der Waals surface area (Å²) < 4.78 is 1.61. The number of rotatable bonds is 2. The molecule has 6 nitrogen and oxygen atoms in total. The molecule has 2 aromatic heterocycles. The van der Waals surface area contributed by atoms with E-state index in [9.17, 15) is 4.79 Å². The summed E-state index contributed by atoms with van der Waals surface area (Å²) in [4.78, 5) is 19.1. The van der Waals surface area contributed by atoms with Crippen molar-refractivity contribution in [3.63, 3.8) is 0 Å². The van der Waals surface area contributed by atoms with Gasteiger partial charge in [-0.05, 0) is 32.3 Å². The van der Waals surface area contributed by atoms with Gasteiger partial charge in [0.1, 0.15) is 16.7 Å². The predicted molar refractivity (Wildman–Crippen MR) is 84.2 cm³/mol. The van der Waals surface area contributed by atoms with Crippen LogP contribution in [-0.4, -0.2) is 37.1 Å². The summed E-state index contributed by atoms with van der Waals surface area (Å²) >= 11 is 12.1. The van der Waals surface area contributed by atoms with Crippen molar-refractivity contribution in [2.24, 2.45) is 7.05 Å². The number of likely N-dealkylation sites (tertiary alicyclic amines) is 1. The Bertz CT molecular complexity index is 708. The van der Waals surface area contributed by atoms with Crippen molar-refractivity contribution in [1.82, 2.24) is 24.6 Å². The zero-order valence-electron chi connectivity index (χ0n) is 12.4. The number of halogens is 2. The van der Waals surface area contributed by atoms with E-state index < -0.39 is 0 Å². The number of H-pyrrole nitrogens is 1. The summed E-state index contributed by atoms with van der Waals surface area (Å²) in [5.41, 5.74) is 0.481. The first-order valence-electron chi connectivity index (χ1n) is 7.19. The molecular formula is C14H17Cl2N5O. The summed E-state index contributed by atoms with van der Waals surface area (Å²) in [7, 11) is 1.73. The summed E-state index contributed by atoms with van der Waals surface area (Å²) in [6.45, 7) is 2.53. The molecule has 0 saturated carbocycles. The molecular weight excluding hydrogens is 325 g/mol. The van der Waals surface area contributed by atoms with Gasteiger partial charge in [-0.15, -0.1) is 0 Å². The monoisotopic (exact) mass is 341 g/mol. The maximum atomic E-state index is 12.9. The minimum absolute atomic E-state index is 0.0940. The molecule has 0 spiro atoms. The maximum Gasteiger partial charge on any atom is 0.271 e. The average molecular weight is 342 g/mol. The highest BCUT2D eigenvalue weighted by atomic mass is 35.5. The molecule has 8 heteroatoms. The molecule has 0 aliphatic carbocycles. The van der Waals surface area contributed by atoms with Crippen LogP contribution in [0.2, 0.25) is 10.2 Å². The first-order valence-corrected chi connectivity index (χ1v) is 7.95. The maximum absolute atomic E-state index is 12.9. The van der Waals surface area contributed by atoms with Crippen LogP contribution in [0.1, 0.15) is 47.4 Å². The van der Waals surface area contributed by atoms with E-state index >= 15 is 0 Å². The normalized spacial score (nSPS) is 18.7. The minimum Gasteiger partial charge on any atom is -0.329 e. The molecule has 0 bridgehead atoms. The fourth-order valence-corrected chi connectivity index (χ4v) is 3.22. The molecule has 1 amide bonds. The average Bonchev–Trinajstić information content (AvgIpc) is 3.06. The fourth-order valence-electron chi connectivity index (χ4n) is 2.85. The van der Waals surface area contributed by atoms with Gasteiger partial charge in [0.2, 0.25) is 0 Å². The Morgan fingerprint density at radius 1 is 1.41 bits per heavy atom. The number of nitrogens with one attached hydrogen (secondary N) is 1. The van der Waals surface area contributed by atoms with Crippen molar-refractivity contribution < 1.29 is 4.79 Å². The molecule has 118 valence electrons. The third kappa shape index (κ3) is 2.61. The molecule has 3 rings (SSSR count). The second-order valence-corrected chi connectivity index (χ2v) is 6.28. The van der Waals surface area contributed by atoms with Gasteiger partial charge in [0.15, 0.2) is 5.82 Å². The van der Waals surface area contributed by atoms with Gasteiger partial charge >= 0.3 is 0 Å². The van der Waals surface area contributed by atoms with E-state index in [1.807, 2.05) is 11.8 Å². The van der Waals surface area contributed by atoms with Crippen LogP contribution in [0, 0.1) is 6.92 Å². The van der Waals surface area contributed by atoms with E-state index in [0.29, 0.717) is 28.2 Å². The highest BCUT2D eigenvalue weighted by molar-refractivity contribution is 6.41. The van der Waals surface area contributed by atoms with Crippen LogP contribution in [0.25, 0.3) is 0 Å². The molecule has 22 heavy (non-hydrogen) atoms. The Morgan fingerprint density at radius 2 is 2.18 bits per heavy atom. The molecule has 3 heterocycles. The van der Waals surface area contributed by atoms with E-state index in [1.165, 1.54) is 0 Å². The number of piperidine rings is 1. The number of hydrogen-bond donors (Lipinski definition) is 1. The molecule has 2 aromatic rings. The number of aromatic amines is 1. The third-order valence-corrected chi connectivity index (χ3v) is 4.85. The van der Waals surface area contributed by atoms with Gasteiger partial charge in [0.05, 0.1) is 11.1 Å². The molecule has 1 aliphatic heterocycles. The van der Waals surface area contributed by atoms with Crippen molar-refractivity contribution in [3.05, 3.63) is 33.6 Å². The van der Waals surface area contributed by atoms with Crippen molar-refractivity contribution >= 4 is 29.1 Å². The zero-order valence-corrected chi connectivity index (χ0v) is 13.9. The van der Waals surface area contributed by atoms with Gasteiger partial charge in [-0.2, -0.15) is 5.10 Å². The van der Waals surface area contributed by atoms with Crippen molar-refractivity contribution in [2.75, 3.05) is 6.54 Å². The molecule has 1 atom stereocenters. The lowest BCUT2D eigenvalue weighted by atomic mass is 10.0. The Labute approximate surface area is 138 Å². The smallest absolute Gasteiger partial charge is 0.271 e. The largest absolute Gasteiger partial charge is 0.329 e. The van der Waals surface area contributed by atoms with Crippen LogP contribution in [0.4, 0.5) is 0 Å². The van der Waals surface area contributed by atoms with E-state index in [0.717, 1.165) is 25.1 Å². The number of nitrogens with zero attached hydrogens (tertiary/aromatic N) is 4. The van der Waals surface area contributed by atoms with Crippen LogP contribution in [0.3, 0.4) is 0 Å². The van der Waals surface area contributed by atoms with Crippen LogP contribution < -0.4 is 0 Å². The highest BCUT2D eigenvalue weighted by Crippen LogP contribution is 2.32. The Hall–Kier alpha value is -1.53. The van der Waals surface area contributed by atoms with E-state index in [-0.39, 0.29) is 11.9 Å². The first-order chi connectivity index (χ1) is 10.5. The summed E-state index contributed by atoms with van der Waals surface area (Å²) in [6, 6.07) is 1.50. The second kappa shape index (κ2) is 5.93. The lowest BCUT2D eigenvalue weighted by Gasteiger charge is -2.34. The SMILES string of the molecule is Cc1nc([C@H]2CCCCN2C(=O)c2cc(Cl)c(Cl)n2C)n[nH]1. The molecule has 0 radical (unpaired) electrons. The van der Waals surface area contributed by atoms with Crippen LogP contribution in [-0.2, 0) is 7.05 Å². The van der Waals surface area contributed by atoms with Crippen LogP contribution >= 0.6 is 23.2 Å². The number of aryl methyl sites for hydroxylation is 1. The lowest BCUT2D eigenvalue weighted by molar-refractivity contribution is 0.0590. The van der Waals surface area contributed by atoms with Gasteiger partial charge in [-0.1, -0.05) is 23.2 Å². The molecule has 1 fully saturated rings. The third-order valence-electron chi connectivity index (χ3n) is 4.01. The van der Waals surface area contributed by atoms with Gasteiger partial charge in [-0.25, -0.2) is 4.98 Å². The number of carbonyl (C=O) groups excluding carboxylic acids is 1. The van der Waals surface area contributed by atoms with Crippen LogP contribution in [0.5, 0.6) is 0 Å². The number of carbonyl (C=O) groups is 1. The van der Waals surface area contributed by atoms with Crippen molar-refractivity contribution in [3.8, 4) is 0 Å². The van der Waals surface area contributed by atoms with Gasteiger partial charge in [0.25, 0.3) is 5.91 Å². The van der Waals surface area contributed by atoms with Gasteiger partial charge < -0.3 is 9.47 Å². The standard InChI is InChI=1S/C14H17Cl2N5O/c1-8-17-13(19-18-8)10-5-3-4-6-21(10)14(22)11-7-9(15)12(16)20(11)2/h7,10H,3-6H2,1-2H3,(H,17,18,19)/t10-/m1/s1. The van der Waals surface area contributed by atoms with Crippen LogP contribution in [0.15, 0.2) is 6.07 Å². The molecule has 0 unspecified atom stereocenters. The molecule has 1 saturated heterocycles. The fraction of sp³-hybridized carbons (Fsp3) is 0.500. The van der Waals surface area contributed by atoms with Crippen molar-refractivity contribution in [2.45, 2.75) is 32.2 Å². The number of hydrogen-bond acceptors (Lipinski definition) is 3. The second-order valence-electron chi connectivity index (χ2n) is 5.52. The van der Waals surface area contributed by atoms with Gasteiger partial charge in [0, 0.05) is 13.6 Å².